The second-order valence-electron chi connectivity index (χ2n) is 14.9. The molecule has 2 aliphatic heterocycles. The van der Waals surface area contributed by atoms with Crippen molar-refractivity contribution in [3.63, 3.8) is 0 Å². The molecule has 10 nitrogen and oxygen atoms in total. The van der Waals surface area contributed by atoms with Crippen LogP contribution in [0.1, 0.15) is 42.4 Å². The summed E-state index contributed by atoms with van der Waals surface area (Å²) in [6.07, 6.45) is 6.13. The van der Waals surface area contributed by atoms with Gasteiger partial charge in [-0.1, -0.05) is 47.5 Å². The van der Waals surface area contributed by atoms with E-state index in [2.05, 4.69) is 0 Å². The first-order valence-electron chi connectivity index (χ1n) is 18.3. The molecule has 4 aliphatic rings. The molecule has 6 unspecified atom stereocenters. The zero-order valence-corrected chi connectivity index (χ0v) is 34.2. The highest BCUT2D eigenvalue weighted by molar-refractivity contribution is 14.1. The van der Waals surface area contributed by atoms with E-state index in [0.717, 1.165) is 27.7 Å². The van der Waals surface area contributed by atoms with Crippen molar-refractivity contribution in [1.82, 2.24) is 0 Å². The van der Waals surface area contributed by atoms with Gasteiger partial charge in [0, 0.05) is 11.5 Å². The van der Waals surface area contributed by atoms with Crippen LogP contribution in [0.2, 0.25) is 5.02 Å². The first kappa shape index (κ1) is 38.7. The van der Waals surface area contributed by atoms with Gasteiger partial charge in [0.25, 0.3) is 0 Å². The second-order valence-corrected chi connectivity index (χ2v) is 16.4. The van der Waals surface area contributed by atoms with Gasteiger partial charge >= 0.3 is 0 Å². The molecule has 3 fully saturated rings. The van der Waals surface area contributed by atoms with Gasteiger partial charge in [0.05, 0.1) is 64.5 Å². The number of nitrogens with zero attached hydrogens (tertiary/aromatic N) is 2. The number of fused-ring (bicyclic) bond motifs is 4. The van der Waals surface area contributed by atoms with E-state index in [9.17, 15) is 28.7 Å². The van der Waals surface area contributed by atoms with E-state index in [4.69, 9.17) is 25.8 Å². The second kappa shape index (κ2) is 14.6. The number of hydrogen-bond acceptors (Lipinski definition) is 8. The molecule has 0 radical (unpaired) electrons. The Morgan fingerprint density at radius 1 is 0.825 bits per heavy atom. The maximum absolute atomic E-state index is 14.7. The molecular weight excluding hydrogens is 866 g/mol. The van der Waals surface area contributed by atoms with E-state index in [1.165, 1.54) is 24.1 Å². The molecule has 4 aromatic carbocycles. The van der Waals surface area contributed by atoms with E-state index in [1.54, 1.807) is 45.4 Å². The number of amides is 4. The lowest BCUT2D eigenvalue weighted by molar-refractivity contribution is -0.131. The lowest BCUT2D eigenvalue weighted by atomic mass is 9.51. The largest absolute Gasteiger partial charge is 0.504 e. The van der Waals surface area contributed by atoms with Crippen LogP contribution in [-0.4, -0.2) is 50.1 Å². The predicted octanol–water partition coefficient (Wildman–Crippen LogP) is 8.42. The molecular formula is C44H37ClFIN2O8. The van der Waals surface area contributed by atoms with Crippen molar-refractivity contribution in [2.75, 3.05) is 31.1 Å². The fraction of sp³-hybridized carbons (Fsp3) is 0.273. The number of phenols is 1. The van der Waals surface area contributed by atoms with Gasteiger partial charge in [-0.05, 0) is 120 Å². The number of halogens is 3. The number of rotatable bonds is 8. The summed E-state index contributed by atoms with van der Waals surface area (Å²) >= 11 is 8.12. The molecule has 0 spiro atoms. The summed E-state index contributed by atoms with van der Waals surface area (Å²) in [6, 6.07) is 19.7. The Hall–Kier alpha value is -5.21. The minimum absolute atomic E-state index is 0.0706. The SMILES string of the molecule is COc1ccc(OC)c(C=Cc2ccc(N3C(=O)C4CC=C5C(CC6C(=O)N(c7ccc(F)c(Cl)c7)C(=O)C6(C)C5c5cc(I)c(O)c(OC)c5)C4C3=O)cc2)c1. The lowest BCUT2D eigenvalue weighted by Crippen LogP contribution is -2.48. The number of ether oxygens (including phenoxy) is 3. The van der Waals surface area contributed by atoms with Gasteiger partial charge in [-0.25, -0.2) is 9.29 Å². The highest BCUT2D eigenvalue weighted by Gasteiger charge is 2.67. The van der Waals surface area contributed by atoms with Crippen molar-refractivity contribution in [1.29, 1.82) is 0 Å². The average molecular weight is 903 g/mol. The third-order valence-electron chi connectivity index (χ3n) is 12.1. The van der Waals surface area contributed by atoms with E-state index >= 15 is 0 Å². The van der Waals surface area contributed by atoms with Gasteiger partial charge in [-0.15, -0.1) is 0 Å². The zero-order chi connectivity index (χ0) is 40.5. The van der Waals surface area contributed by atoms with Crippen LogP contribution in [0, 0.1) is 38.5 Å². The quantitative estimate of drug-likeness (QED) is 0.0810. The van der Waals surface area contributed by atoms with Crippen molar-refractivity contribution in [2.45, 2.75) is 25.7 Å². The molecule has 13 heteroatoms. The fourth-order valence-electron chi connectivity index (χ4n) is 9.33. The fourth-order valence-corrected chi connectivity index (χ4v) is 10.1. The molecule has 292 valence electrons. The Kier molecular flexibility index (Phi) is 9.92. The van der Waals surface area contributed by atoms with Crippen LogP contribution < -0.4 is 24.0 Å². The predicted molar refractivity (Wildman–Crippen MR) is 221 cm³/mol. The van der Waals surface area contributed by atoms with Crippen molar-refractivity contribution in [3.05, 3.63) is 116 Å². The Labute approximate surface area is 347 Å². The standard InChI is InChI=1S/C44H37ClFIN2O8/c1-44-31(41(52)49(43(44)54)26-11-15-33(46)32(45)20-26)21-30-28(38(44)24-18-34(47)39(50)36(19-24)57-4)13-14-29-37(30)42(53)48(40(29)51)25-9-6-22(7-10-25)5-8-23-17-27(55-2)12-16-35(23)56-3/h5-13,15-20,29-31,37-38,50H,14,21H2,1-4H3. The van der Waals surface area contributed by atoms with Crippen LogP contribution in [0.4, 0.5) is 15.8 Å². The third kappa shape index (κ3) is 6.10. The molecule has 8 rings (SSSR count). The number of imide groups is 2. The summed E-state index contributed by atoms with van der Waals surface area (Å²) < 4.78 is 31.1. The molecule has 2 heterocycles. The van der Waals surface area contributed by atoms with Crippen molar-refractivity contribution in [2.24, 2.45) is 29.1 Å². The van der Waals surface area contributed by atoms with Crippen LogP contribution in [-0.2, 0) is 19.2 Å². The number of benzene rings is 4. The molecule has 0 aromatic heterocycles. The number of allylic oxidation sites excluding steroid dienone is 2. The van der Waals surface area contributed by atoms with Crippen LogP contribution >= 0.6 is 34.2 Å². The highest BCUT2D eigenvalue weighted by Crippen LogP contribution is 2.64. The molecule has 57 heavy (non-hydrogen) atoms. The Bertz CT molecular complexity index is 2440. The number of anilines is 2. The maximum atomic E-state index is 14.7. The first-order valence-corrected chi connectivity index (χ1v) is 19.8. The monoisotopic (exact) mass is 902 g/mol. The minimum Gasteiger partial charge on any atom is -0.504 e. The van der Waals surface area contributed by atoms with Crippen molar-refractivity contribution >= 4 is 81.3 Å². The lowest BCUT2D eigenvalue weighted by Gasteiger charge is -2.49. The summed E-state index contributed by atoms with van der Waals surface area (Å²) in [5.41, 5.74) is 2.23. The molecule has 0 bridgehead atoms. The van der Waals surface area contributed by atoms with Gasteiger partial charge in [0.1, 0.15) is 17.3 Å². The first-order chi connectivity index (χ1) is 27.3. The van der Waals surface area contributed by atoms with Crippen LogP contribution in [0.25, 0.3) is 12.2 Å². The normalized spacial score (nSPS) is 25.4. The molecule has 1 saturated carbocycles. The van der Waals surface area contributed by atoms with Crippen LogP contribution in [0.3, 0.4) is 0 Å². The van der Waals surface area contributed by atoms with Gasteiger partial charge in [-0.2, -0.15) is 0 Å². The van der Waals surface area contributed by atoms with Gasteiger partial charge in [-0.3, -0.25) is 24.1 Å². The van der Waals surface area contributed by atoms with E-state index in [-0.39, 0.29) is 46.9 Å². The Morgan fingerprint density at radius 3 is 2.23 bits per heavy atom. The Balaban J connectivity index is 1.16. The van der Waals surface area contributed by atoms with Crippen LogP contribution in [0.15, 0.2) is 84.4 Å². The number of methoxy groups -OCH3 is 3. The van der Waals surface area contributed by atoms with Crippen LogP contribution in [0.5, 0.6) is 23.0 Å². The summed E-state index contributed by atoms with van der Waals surface area (Å²) in [7, 11) is 4.61. The summed E-state index contributed by atoms with van der Waals surface area (Å²) in [4.78, 5) is 60.4. The molecule has 2 aliphatic carbocycles. The van der Waals surface area contributed by atoms with E-state index < -0.39 is 52.6 Å². The van der Waals surface area contributed by atoms with Crippen molar-refractivity contribution < 1.29 is 42.9 Å². The summed E-state index contributed by atoms with van der Waals surface area (Å²) in [5.74, 6) is -4.61. The highest BCUT2D eigenvalue weighted by atomic mass is 127. The molecule has 4 amide bonds. The van der Waals surface area contributed by atoms with E-state index in [1.807, 2.05) is 71.2 Å². The number of carbonyl (C=O) groups is 4. The Morgan fingerprint density at radius 2 is 1.54 bits per heavy atom. The molecule has 1 N–H and O–H groups in total. The maximum Gasteiger partial charge on any atom is 0.241 e. The van der Waals surface area contributed by atoms with Gasteiger partial charge < -0.3 is 19.3 Å². The number of aromatic hydroxyl groups is 1. The molecule has 2 saturated heterocycles. The van der Waals surface area contributed by atoms with Gasteiger partial charge in [0.15, 0.2) is 11.5 Å². The summed E-state index contributed by atoms with van der Waals surface area (Å²) in [5, 5.41) is 10.5. The minimum atomic E-state index is -1.36. The summed E-state index contributed by atoms with van der Waals surface area (Å²) in [6.45, 7) is 1.75. The zero-order valence-electron chi connectivity index (χ0n) is 31.3. The topological polar surface area (TPSA) is 123 Å². The number of phenolic OH excluding ortho intramolecular Hbond substituents is 1. The van der Waals surface area contributed by atoms with E-state index in [0.29, 0.717) is 26.3 Å². The molecule has 6 atom stereocenters. The third-order valence-corrected chi connectivity index (χ3v) is 13.2. The smallest absolute Gasteiger partial charge is 0.241 e. The van der Waals surface area contributed by atoms with Gasteiger partial charge in [0.2, 0.25) is 23.6 Å². The number of hydrogen-bond donors (Lipinski definition) is 1. The number of carbonyl (C=O) groups excluding carboxylic acids is 4. The van der Waals surface area contributed by atoms with Crippen molar-refractivity contribution in [3.8, 4) is 23.0 Å². The molecule has 4 aromatic rings. The average Bonchev–Trinajstić information content (AvgIpc) is 3.58.